The Labute approximate surface area is 158 Å². The van der Waals surface area contributed by atoms with Gasteiger partial charge in [0, 0.05) is 31.7 Å². The molecule has 1 aromatic carbocycles. The highest BCUT2D eigenvalue weighted by Crippen LogP contribution is 2.29. The van der Waals surface area contributed by atoms with Crippen molar-refractivity contribution >= 4 is 19.2 Å². The summed E-state index contributed by atoms with van der Waals surface area (Å²) in [5.74, 6) is -1.38. The van der Waals surface area contributed by atoms with Crippen LogP contribution in [0.1, 0.15) is 23.5 Å². The van der Waals surface area contributed by atoms with Gasteiger partial charge < -0.3 is 15.2 Å². The molecule has 1 aliphatic heterocycles. The van der Waals surface area contributed by atoms with Gasteiger partial charge in [-0.15, -0.1) is 0 Å². The fraction of sp³-hybridized carbons (Fsp3) is 0.412. The first-order valence-corrected chi connectivity index (χ1v) is 8.65. The topological polar surface area (TPSA) is 64.2 Å². The molecule has 1 atom stereocenters. The summed E-state index contributed by atoms with van der Waals surface area (Å²) in [4.78, 5) is 17.4. The van der Waals surface area contributed by atoms with E-state index in [1.807, 2.05) is 0 Å². The number of hydrogen-bond acceptors (Lipinski definition) is 3. The molecule has 0 saturated heterocycles. The van der Waals surface area contributed by atoms with Crippen molar-refractivity contribution in [1.29, 1.82) is 0 Å². The number of halogens is 5. The van der Waals surface area contributed by atoms with Crippen LogP contribution in [0.4, 0.5) is 22.0 Å². The monoisotopic (exact) mass is 400 g/mol. The van der Waals surface area contributed by atoms with Gasteiger partial charge in [0.15, 0.2) is 5.69 Å². The number of fused-ring (bicyclic) bond motifs is 1. The number of nitrogens with zero attached hydrogens (tertiary/aromatic N) is 3. The maximum atomic E-state index is 13.9. The molecule has 1 aliphatic rings. The van der Waals surface area contributed by atoms with Crippen LogP contribution in [0.5, 0.6) is 0 Å². The van der Waals surface area contributed by atoms with Gasteiger partial charge in [-0.2, -0.15) is 13.2 Å². The third-order valence-electron chi connectivity index (χ3n) is 4.69. The zero-order valence-corrected chi connectivity index (χ0v) is 15.1. The molecule has 28 heavy (non-hydrogen) atoms. The molecule has 0 radical (unpaired) electrons. The van der Waals surface area contributed by atoms with E-state index in [0.717, 1.165) is 18.3 Å². The Balaban J connectivity index is 1.62. The number of carbonyl (C=O) groups is 1. The molecule has 2 heterocycles. The van der Waals surface area contributed by atoms with Crippen molar-refractivity contribution < 1.29 is 26.7 Å². The number of imidazole rings is 1. The van der Waals surface area contributed by atoms with E-state index >= 15 is 0 Å². The van der Waals surface area contributed by atoms with Crippen molar-refractivity contribution in [2.75, 3.05) is 6.54 Å². The standard InChI is InChI=1S/C17H18BF5N4O/c18-11-6-12(19)9(4-13(11)20)3-10(24)5-16(28)27-2-1-26-7-14(17(21,22)23)25-15(26)8-27/h4,6-7,10H,1-3,5,8,18,24H2/t10-/m1/s1. The Morgan fingerprint density at radius 2 is 1.96 bits per heavy atom. The van der Waals surface area contributed by atoms with E-state index in [1.165, 1.54) is 17.3 Å². The molecule has 0 unspecified atom stereocenters. The van der Waals surface area contributed by atoms with Crippen molar-refractivity contribution in [3.8, 4) is 0 Å². The van der Waals surface area contributed by atoms with Crippen LogP contribution in [0.15, 0.2) is 18.3 Å². The summed E-state index contributed by atoms with van der Waals surface area (Å²) in [5.41, 5.74) is 5.18. The van der Waals surface area contributed by atoms with Gasteiger partial charge in [0.05, 0.1) is 6.54 Å². The molecular formula is C17H18BF5N4O. The summed E-state index contributed by atoms with van der Waals surface area (Å²) in [6.07, 6.45) is -3.79. The van der Waals surface area contributed by atoms with Gasteiger partial charge in [0.25, 0.3) is 0 Å². The maximum Gasteiger partial charge on any atom is 0.434 e. The third kappa shape index (κ3) is 4.35. The summed E-state index contributed by atoms with van der Waals surface area (Å²) in [6.45, 7) is 0.353. The average molecular weight is 400 g/mol. The first-order valence-electron chi connectivity index (χ1n) is 8.65. The molecule has 5 nitrogen and oxygen atoms in total. The maximum absolute atomic E-state index is 13.9. The van der Waals surface area contributed by atoms with E-state index in [9.17, 15) is 26.7 Å². The molecule has 2 N–H and O–H groups in total. The minimum atomic E-state index is -4.55. The third-order valence-corrected chi connectivity index (χ3v) is 4.69. The van der Waals surface area contributed by atoms with Crippen molar-refractivity contribution in [2.24, 2.45) is 5.73 Å². The van der Waals surface area contributed by atoms with Crippen LogP contribution in [0, 0.1) is 11.6 Å². The molecule has 11 heteroatoms. The summed E-state index contributed by atoms with van der Waals surface area (Å²) >= 11 is 0. The van der Waals surface area contributed by atoms with Gasteiger partial charge in [-0.1, -0.05) is 5.46 Å². The summed E-state index contributed by atoms with van der Waals surface area (Å²) in [6, 6.07) is 1.38. The number of nitrogens with two attached hydrogens (primary N) is 1. The van der Waals surface area contributed by atoms with Crippen molar-refractivity contribution in [1.82, 2.24) is 14.5 Å². The Kier molecular flexibility index (Phi) is 5.47. The molecule has 0 fully saturated rings. The van der Waals surface area contributed by atoms with Gasteiger partial charge in [-0.05, 0) is 24.1 Å². The fourth-order valence-corrected chi connectivity index (χ4v) is 3.15. The molecule has 2 aromatic rings. The molecule has 0 aliphatic carbocycles. The van der Waals surface area contributed by atoms with Gasteiger partial charge in [-0.25, -0.2) is 13.8 Å². The first kappa shape index (κ1) is 20.3. The van der Waals surface area contributed by atoms with Crippen molar-refractivity contribution in [3.05, 3.63) is 47.0 Å². The zero-order valence-electron chi connectivity index (χ0n) is 15.1. The molecular weight excluding hydrogens is 382 g/mol. The number of alkyl halides is 3. The van der Waals surface area contributed by atoms with Crippen LogP contribution in [0.3, 0.4) is 0 Å². The van der Waals surface area contributed by atoms with Crippen LogP contribution in [0.25, 0.3) is 0 Å². The number of rotatable bonds is 4. The Morgan fingerprint density at radius 3 is 2.64 bits per heavy atom. The van der Waals surface area contributed by atoms with Gasteiger partial charge in [0.2, 0.25) is 5.91 Å². The lowest BCUT2D eigenvalue weighted by Crippen LogP contribution is -2.41. The van der Waals surface area contributed by atoms with E-state index in [1.54, 1.807) is 0 Å². The first-order chi connectivity index (χ1) is 13.0. The minimum Gasteiger partial charge on any atom is -0.333 e. The molecule has 3 rings (SSSR count). The normalized spacial score (nSPS) is 15.4. The molecule has 1 aromatic heterocycles. The number of aromatic nitrogens is 2. The van der Waals surface area contributed by atoms with Gasteiger partial charge in [-0.3, -0.25) is 4.79 Å². The van der Waals surface area contributed by atoms with Crippen LogP contribution in [0.2, 0.25) is 0 Å². The van der Waals surface area contributed by atoms with E-state index in [2.05, 4.69) is 4.98 Å². The van der Waals surface area contributed by atoms with Gasteiger partial charge in [0.1, 0.15) is 25.3 Å². The van der Waals surface area contributed by atoms with Crippen molar-refractivity contribution in [2.45, 2.75) is 38.1 Å². The van der Waals surface area contributed by atoms with E-state index < -0.39 is 29.5 Å². The predicted molar refractivity (Wildman–Crippen MR) is 93.5 cm³/mol. The molecule has 0 spiro atoms. The molecule has 150 valence electrons. The average Bonchev–Trinajstić information content (AvgIpc) is 3.03. The van der Waals surface area contributed by atoms with E-state index in [0.29, 0.717) is 0 Å². The smallest absolute Gasteiger partial charge is 0.333 e. The predicted octanol–water partition coefficient (Wildman–Crippen LogP) is 0.741. The summed E-state index contributed by atoms with van der Waals surface area (Å²) < 4.78 is 67.2. The molecule has 1 amide bonds. The van der Waals surface area contributed by atoms with Crippen LogP contribution >= 0.6 is 0 Å². The Morgan fingerprint density at radius 1 is 1.25 bits per heavy atom. The second-order valence-corrected chi connectivity index (χ2v) is 6.91. The largest absolute Gasteiger partial charge is 0.434 e. The number of amides is 1. The Hall–Kier alpha value is -2.43. The second-order valence-electron chi connectivity index (χ2n) is 6.91. The Bertz CT molecular complexity index is 898. The fourth-order valence-electron chi connectivity index (χ4n) is 3.15. The van der Waals surface area contributed by atoms with Crippen LogP contribution in [-0.4, -0.2) is 40.8 Å². The summed E-state index contributed by atoms with van der Waals surface area (Å²) in [5, 5.41) is 0. The quantitative estimate of drug-likeness (QED) is 0.609. The highest BCUT2D eigenvalue weighted by Gasteiger charge is 2.36. The lowest BCUT2D eigenvalue weighted by Gasteiger charge is -2.28. The van der Waals surface area contributed by atoms with E-state index in [4.69, 9.17) is 5.73 Å². The lowest BCUT2D eigenvalue weighted by atomic mass is 9.92. The number of carbonyl (C=O) groups excluding carboxylic acids is 1. The second kappa shape index (κ2) is 7.54. The SMILES string of the molecule is Bc1cc(F)c(C[C@@H](N)CC(=O)N2CCn3cc(C(F)(F)F)nc3C2)cc1F. The van der Waals surface area contributed by atoms with Gasteiger partial charge >= 0.3 is 6.18 Å². The van der Waals surface area contributed by atoms with Crippen molar-refractivity contribution in [3.63, 3.8) is 0 Å². The minimum absolute atomic E-state index is 0.0323. The zero-order chi connectivity index (χ0) is 20.6. The van der Waals surface area contributed by atoms with E-state index in [-0.39, 0.29) is 55.2 Å². The highest BCUT2D eigenvalue weighted by molar-refractivity contribution is 6.32. The number of benzene rings is 1. The highest BCUT2D eigenvalue weighted by atomic mass is 19.4. The van der Waals surface area contributed by atoms with Crippen LogP contribution < -0.4 is 11.2 Å². The molecule has 0 bridgehead atoms. The molecule has 0 saturated carbocycles. The van der Waals surface area contributed by atoms with Crippen LogP contribution in [-0.2, 0) is 30.5 Å². The summed E-state index contributed by atoms with van der Waals surface area (Å²) in [7, 11) is 1.44. The lowest BCUT2D eigenvalue weighted by molar-refractivity contribution is -0.141. The number of hydrogen-bond donors (Lipinski definition) is 1.